The lowest BCUT2D eigenvalue weighted by atomic mass is 10.2. The molecule has 0 aliphatic rings. The van der Waals surface area contributed by atoms with Gasteiger partial charge in [-0.15, -0.1) is 0 Å². The van der Waals surface area contributed by atoms with Crippen molar-refractivity contribution in [1.29, 1.82) is 0 Å². The third kappa shape index (κ3) is 1.67. The highest BCUT2D eigenvalue weighted by atomic mass is 127. The third-order valence-electron chi connectivity index (χ3n) is 2.32. The van der Waals surface area contributed by atoms with Crippen molar-refractivity contribution >= 4 is 45.1 Å². The average molecular weight is 351 g/mol. The number of aryl methyl sites for hydroxylation is 1. The van der Waals surface area contributed by atoms with Crippen LogP contribution < -0.4 is 5.56 Å². The summed E-state index contributed by atoms with van der Waals surface area (Å²) in [5.41, 5.74) is 0.0239. The number of fused-ring (bicyclic) bond motifs is 1. The zero-order valence-electron chi connectivity index (χ0n) is 8.37. The average Bonchev–Trinajstić information content (AvgIpc) is 2.25. The van der Waals surface area contributed by atoms with Crippen LogP contribution in [0.15, 0.2) is 17.2 Å². The monoisotopic (exact) mass is 350 g/mol. The fourth-order valence-corrected chi connectivity index (χ4v) is 2.50. The van der Waals surface area contributed by atoms with Crippen LogP contribution >= 0.6 is 34.2 Å². The fraction of sp³-hybridized carbons (Fsp3) is 0.200. The van der Waals surface area contributed by atoms with Gasteiger partial charge in [-0.2, -0.15) is 0 Å². The molecule has 0 saturated heterocycles. The summed E-state index contributed by atoms with van der Waals surface area (Å²) < 4.78 is 2.02. The Morgan fingerprint density at radius 3 is 2.94 bits per heavy atom. The van der Waals surface area contributed by atoms with Crippen molar-refractivity contribution in [1.82, 2.24) is 9.55 Å². The second-order valence-corrected chi connectivity index (χ2v) is 4.82. The molecule has 0 bridgehead atoms. The number of benzene rings is 1. The molecule has 0 radical (unpaired) electrons. The molecule has 2 rings (SSSR count). The van der Waals surface area contributed by atoms with E-state index in [4.69, 9.17) is 11.6 Å². The van der Waals surface area contributed by atoms with E-state index in [0.717, 1.165) is 0 Å². The molecule has 1 aromatic carbocycles. The van der Waals surface area contributed by atoms with E-state index in [-0.39, 0.29) is 22.2 Å². The SMILES string of the molecule is CCn1cnc2c(O)c(I)cc(Cl)c2c1=O. The van der Waals surface area contributed by atoms with Crippen molar-refractivity contribution in [2.45, 2.75) is 13.5 Å². The van der Waals surface area contributed by atoms with E-state index in [0.29, 0.717) is 15.1 Å². The Bertz CT molecular complexity index is 624. The van der Waals surface area contributed by atoms with Crippen molar-refractivity contribution in [2.24, 2.45) is 0 Å². The molecule has 1 N–H and O–H groups in total. The van der Waals surface area contributed by atoms with Crippen LogP contribution in [0.1, 0.15) is 6.92 Å². The molecule has 0 aliphatic carbocycles. The lowest BCUT2D eigenvalue weighted by Crippen LogP contribution is -2.19. The summed E-state index contributed by atoms with van der Waals surface area (Å²) in [4.78, 5) is 16.0. The van der Waals surface area contributed by atoms with Crippen molar-refractivity contribution in [3.8, 4) is 5.75 Å². The third-order valence-corrected chi connectivity index (χ3v) is 3.44. The number of phenols is 1. The predicted octanol–water partition coefficient (Wildman–Crippen LogP) is 2.38. The van der Waals surface area contributed by atoms with Gasteiger partial charge in [0, 0.05) is 6.54 Å². The van der Waals surface area contributed by atoms with E-state index in [9.17, 15) is 9.90 Å². The first-order chi connectivity index (χ1) is 7.56. The van der Waals surface area contributed by atoms with Gasteiger partial charge in [-0.25, -0.2) is 4.98 Å². The molecule has 6 heteroatoms. The molecule has 4 nitrogen and oxygen atoms in total. The van der Waals surface area contributed by atoms with Gasteiger partial charge in [0.1, 0.15) is 5.52 Å². The van der Waals surface area contributed by atoms with Crippen LogP contribution in [-0.4, -0.2) is 14.7 Å². The van der Waals surface area contributed by atoms with E-state index in [1.165, 1.54) is 10.9 Å². The van der Waals surface area contributed by atoms with E-state index in [2.05, 4.69) is 4.98 Å². The summed E-state index contributed by atoms with van der Waals surface area (Å²) in [6, 6.07) is 1.56. The van der Waals surface area contributed by atoms with Crippen molar-refractivity contribution in [2.75, 3.05) is 0 Å². The molecule has 0 amide bonds. The Hall–Kier alpha value is -0.820. The summed E-state index contributed by atoms with van der Waals surface area (Å²) in [6.07, 6.45) is 1.41. The van der Waals surface area contributed by atoms with Crippen molar-refractivity contribution < 1.29 is 5.11 Å². The van der Waals surface area contributed by atoms with Crippen LogP contribution in [0.25, 0.3) is 10.9 Å². The van der Waals surface area contributed by atoms with Gasteiger partial charge in [0.25, 0.3) is 5.56 Å². The van der Waals surface area contributed by atoms with Crippen LogP contribution in [0.3, 0.4) is 0 Å². The van der Waals surface area contributed by atoms with Gasteiger partial charge in [0.15, 0.2) is 5.75 Å². The van der Waals surface area contributed by atoms with Gasteiger partial charge >= 0.3 is 0 Å². The van der Waals surface area contributed by atoms with E-state index >= 15 is 0 Å². The number of hydrogen-bond acceptors (Lipinski definition) is 3. The Morgan fingerprint density at radius 1 is 1.62 bits per heavy atom. The number of rotatable bonds is 1. The molecule has 84 valence electrons. The summed E-state index contributed by atoms with van der Waals surface area (Å²) in [6.45, 7) is 2.36. The Kier molecular flexibility index (Phi) is 3.07. The smallest absolute Gasteiger partial charge is 0.262 e. The highest BCUT2D eigenvalue weighted by Gasteiger charge is 2.14. The van der Waals surface area contributed by atoms with Crippen LogP contribution in [0.5, 0.6) is 5.75 Å². The largest absolute Gasteiger partial charge is 0.505 e. The molecule has 0 spiro atoms. The molecule has 16 heavy (non-hydrogen) atoms. The maximum atomic E-state index is 12.0. The second-order valence-electron chi connectivity index (χ2n) is 3.25. The second kappa shape index (κ2) is 4.21. The first-order valence-electron chi connectivity index (χ1n) is 4.62. The normalized spacial score (nSPS) is 10.9. The number of nitrogens with zero attached hydrogens (tertiary/aromatic N) is 2. The van der Waals surface area contributed by atoms with Gasteiger partial charge in [-0.1, -0.05) is 11.6 Å². The number of aromatic nitrogens is 2. The molecule has 0 atom stereocenters. The topological polar surface area (TPSA) is 55.1 Å². The van der Waals surface area contributed by atoms with Gasteiger partial charge in [0.2, 0.25) is 0 Å². The van der Waals surface area contributed by atoms with Crippen molar-refractivity contribution in [3.63, 3.8) is 0 Å². The first kappa shape index (κ1) is 11.7. The summed E-state index contributed by atoms with van der Waals surface area (Å²) in [5, 5.41) is 10.4. The zero-order valence-corrected chi connectivity index (χ0v) is 11.3. The maximum absolute atomic E-state index is 12.0. The van der Waals surface area contributed by atoms with Crippen LogP contribution in [0.4, 0.5) is 0 Å². The maximum Gasteiger partial charge on any atom is 0.262 e. The van der Waals surface area contributed by atoms with Gasteiger partial charge < -0.3 is 5.11 Å². The molecular formula is C10H8ClIN2O2. The van der Waals surface area contributed by atoms with Crippen molar-refractivity contribution in [3.05, 3.63) is 31.3 Å². The summed E-state index contributed by atoms with van der Waals surface area (Å²) in [5.74, 6) is 0.000327. The minimum atomic E-state index is -0.232. The minimum Gasteiger partial charge on any atom is -0.505 e. The zero-order chi connectivity index (χ0) is 11.9. The number of aromatic hydroxyl groups is 1. The Balaban J connectivity index is 3.01. The highest BCUT2D eigenvalue weighted by molar-refractivity contribution is 14.1. The van der Waals surface area contributed by atoms with Crippen LogP contribution in [0.2, 0.25) is 5.02 Å². The molecule has 0 unspecified atom stereocenters. The molecule has 0 fully saturated rings. The standard InChI is InChI=1S/C10H8ClIN2O2/c1-2-14-4-13-8-7(10(14)16)5(11)3-6(12)9(8)15/h3-4,15H,2H2,1H3. The number of phenolic OH excluding ortho intramolecular Hbond substituents is 1. The Labute approximate surface area is 110 Å². The lowest BCUT2D eigenvalue weighted by molar-refractivity contribution is 0.476. The molecular weight excluding hydrogens is 342 g/mol. The van der Waals surface area contributed by atoms with E-state index in [1.807, 2.05) is 29.5 Å². The first-order valence-corrected chi connectivity index (χ1v) is 6.08. The number of halogens is 2. The summed E-state index contributed by atoms with van der Waals surface area (Å²) in [7, 11) is 0. The van der Waals surface area contributed by atoms with Gasteiger partial charge in [0.05, 0.1) is 20.3 Å². The number of hydrogen-bond donors (Lipinski definition) is 1. The molecule has 1 aromatic heterocycles. The molecule has 0 saturated carbocycles. The van der Waals surface area contributed by atoms with E-state index < -0.39 is 0 Å². The fourth-order valence-electron chi connectivity index (χ4n) is 1.47. The quantitative estimate of drug-likeness (QED) is 0.804. The lowest BCUT2D eigenvalue weighted by Gasteiger charge is -2.07. The van der Waals surface area contributed by atoms with Gasteiger partial charge in [-0.05, 0) is 35.6 Å². The van der Waals surface area contributed by atoms with Crippen LogP contribution in [-0.2, 0) is 6.54 Å². The predicted molar refractivity (Wildman–Crippen MR) is 71.1 cm³/mol. The summed E-state index contributed by atoms with van der Waals surface area (Å²) >= 11 is 7.94. The molecule has 1 heterocycles. The highest BCUT2D eigenvalue weighted by Crippen LogP contribution is 2.31. The molecule has 0 aliphatic heterocycles. The minimum absolute atomic E-state index is 0.000327. The Morgan fingerprint density at radius 2 is 2.31 bits per heavy atom. The van der Waals surface area contributed by atoms with Gasteiger partial charge in [-0.3, -0.25) is 9.36 Å². The van der Waals surface area contributed by atoms with Crippen LogP contribution in [0, 0.1) is 3.57 Å². The van der Waals surface area contributed by atoms with E-state index in [1.54, 1.807) is 6.07 Å². The molecule has 2 aromatic rings.